The standard InChI is InChI=1S/C12H17FN2O2S.ClH/c1-8-5-10(13)3-4-12(8)18(16,17)15-6-9(2)11(14)7-15;/h3-5,9,11H,6-7,14H2,1-2H3;1H. The van der Waals surface area contributed by atoms with Crippen LogP contribution >= 0.6 is 12.4 Å². The third-order valence-corrected chi connectivity index (χ3v) is 5.38. The Kier molecular flexibility index (Phi) is 4.95. The van der Waals surface area contributed by atoms with E-state index in [1.165, 1.54) is 22.5 Å². The number of sulfonamides is 1. The minimum Gasteiger partial charge on any atom is -0.326 e. The number of nitrogens with zero attached hydrogens (tertiary/aromatic N) is 1. The van der Waals surface area contributed by atoms with Gasteiger partial charge in [-0.2, -0.15) is 4.31 Å². The van der Waals surface area contributed by atoms with Crippen molar-refractivity contribution < 1.29 is 12.8 Å². The van der Waals surface area contributed by atoms with Crippen LogP contribution in [0, 0.1) is 18.7 Å². The molecular formula is C12H18ClFN2O2S. The summed E-state index contributed by atoms with van der Waals surface area (Å²) in [5.74, 6) is -0.293. The normalized spacial score (nSPS) is 24.2. The Hall–Kier alpha value is -0.690. The summed E-state index contributed by atoms with van der Waals surface area (Å²) in [5.41, 5.74) is 6.26. The molecule has 2 N–H and O–H groups in total. The summed E-state index contributed by atoms with van der Waals surface area (Å²) >= 11 is 0. The van der Waals surface area contributed by atoms with E-state index in [2.05, 4.69) is 0 Å². The van der Waals surface area contributed by atoms with Crippen LogP contribution in [-0.4, -0.2) is 31.9 Å². The molecule has 1 saturated heterocycles. The summed E-state index contributed by atoms with van der Waals surface area (Å²) in [7, 11) is -3.57. The van der Waals surface area contributed by atoms with Gasteiger partial charge in [0.25, 0.3) is 0 Å². The van der Waals surface area contributed by atoms with Crippen molar-refractivity contribution >= 4 is 22.4 Å². The lowest BCUT2D eigenvalue weighted by Crippen LogP contribution is -2.32. The monoisotopic (exact) mass is 308 g/mol. The van der Waals surface area contributed by atoms with E-state index in [0.717, 1.165) is 0 Å². The minimum absolute atomic E-state index is 0. The topological polar surface area (TPSA) is 63.4 Å². The molecule has 1 aliphatic rings. The van der Waals surface area contributed by atoms with Crippen molar-refractivity contribution in [1.82, 2.24) is 4.31 Å². The zero-order chi connectivity index (χ0) is 13.5. The van der Waals surface area contributed by atoms with E-state index in [9.17, 15) is 12.8 Å². The predicted molar refractivity (Wildman–Crippen MR) is 74.3 cm³/mol. The maximum absolute atomic E-state index is 13.0. The van der Waals surface area contributed by atoms with E-state index in [-0.39, 0.29) is 29.3 Å². The van der Waals surface area contributed by atoms with Gasteiger partial charge in [-0.05, 0) is 36.6 Å². The third kappa shape index (κ3) is 3.08. The van der Waals surface area contributed by atoms with E-state index in [0.29, 0.717) is 18.7 Å². The molecule has 108 valence electrons. The first-order chi connectivity index (χ1) is 8.32. The van der Waals surface area contributed by atoms with Crippen molar-refractivity contribution in [2.75, 3.05) is 13.1 Å². The molecule has 0 aliphatic carbocycles. The molecule has 0 aromatic heterocycles. The molecule has 0 saturated carbocycles. The SMILES string of the molecule is Cc1cc(F)ccc1S(=O)(=O)N1CC(C)C(N)C1.Cl. The first-order valence-corrected chi connectivity index (χ1v) is 7.28. The van der Waals surface area contributed by atoms with Crippen molar-refractivity contribution in [3.8, 4) is 0 Å². The Morgan fingerprint density at radius 1 is 1.37 bits per heavy atom. The lowest BCUT2D eigenvalue weighted by Gasteiger charge is -2.17. The molecular weight excluding hydrogens is 291 g/mol. The maximum atomic E-state index is 13.0. The quantitative estimate of drug-likeness (QED) is 0.901. The fourth-order valence-electron chi connectivity index (χ4n) is 2.18. The summed E-state index contributed by atoms with van der Waals surface area (Å²) in [6.07, 6.45) is 0. The number of hydrogen-bond donors (Lipinski definition) is 1. The van der Waals surface area contributed by atoms with Crippen LogP contribution in [0.2, 0.25) is 0 Å². The van der Waals surface area contributed by atoms with E-state index in [1.54, 1.807) is 6.92 Å². The number of benzene rings is 1. The second kappa shape index (κ2) is 5.75. The molecule has 1 aliphatic heterocycles. The molecule has 7 heteroatoms. The zero-order valence-corrected chi connectivity index (χ0v) is 12.5. The smallest absolute Gasteiger partial charge is 0.243 e. The highest BCUT2D eigenvalue weighted by atomic mass is 35.5. The average Bonchev–Trinajstić information content (AvgIpc) is 2.59. The van der Waals surface area contributed by atoms with E-state index in [4.69, 9.17) is 5.73 Å². The first kappa shape index (κ1) is 16.4. The van der Waals surface area contributed by atoms with Gasteiger partial charge < -0.3 is 5.73 Å². The van der Waals surface area contributed by atoms with E-state index >= 15 is 0 Å². The minimum atomic E-state index is -3.57. The van der Waals surface area contributed by atoms with Crippen LogP contribution in [-0.2, 0) is 10.0 Å². The Morgan fingerprint density at radius 3 is 2.47 bits per heavy atom. The average molecular weight is 309 g/mol. The molecule has 2 unspecified atom stereocenters. The number of halogens is 2. The van der Waals surface area contributed by atoms with Crippen LogP contribution in [0.5, 0.6) is 0 Å². The first-order valence-electron chi connectivity index (χ1n) is 5.84. The second-order valence-corrected chi connectivity index (χ2v) is 6.78. The van der Waals surface area contributed by atoms with Gasteiger partial charge in [0.1, 0.15) is 5.82 Å². The predicted octanol–water partition coefficient (Wildman–Crippen LogP) is 1.52. The van der Waals surface area contributed by atoms with Gasteiger partial charge in [-0.25, -0.2) is 12.8 Å². The Balaban J connectivity index is 0.00000180. The van der Waals surface area contributed by atoms with Crippen molar-refractivity contribution in [1.29, 1.82) is 0 Å². The molecule has 4 nitrogen and oxygen atoms in total. The van der Waals surface area contributed by atoms with Crippen LogP contribution in [0.1, 0.15) is 12.5 Å². The summed E-state index contributed by atoms with van der Waals surface area (Å²) in [6, 6.07) is 3.57. The molecule has 1 aromatic rings. The van der Waals surface area contributed by atoms with Gasteiger partial charge in [0.05, 0.1) is 4.90 Å². The van der Waals surface area contributed by atoms with Crippen LogP contribution in [0.4, 0.5) is 4.39 Å². The largest absolute Gasteiger partial charge is 0.326 e. The zero-order valence-electron chi connectivity index (χ0n) is 10.8. The van der Waals surface area contributed by atoms with Crippen molar-refractivity contribution in [2.24, 2.45) is 11.7 Å². The van der Waals surface area contributed by atoms with Crippen LogP contribution in [0.25, 0.3) is 0 Å². The van der Waals surface area contributed by atoms with Gasteiger partial charge in [0.2, 0.25) is 10.0 Å². The molecule has 0 radical (unpaired) electrons. The Morgan fingerprint density at radius 2 is 2.00 bits per heavy atom. The highest BCUT2D eigenvalue weighted by molar-refractivity contribution is 7.89. The summed E-state index contributed by atoms with van der Waals surface area (Å²) in [5, 5.41) is 0. The van der Waals surface area contributed by atoms with Gasteiger partial charge in [0.15, 0.2) is 0 Å². The van der Waals surface area contributed by atoms with Gasteiger partial charge in [0, 0.05) is 19.1 Å². The molecule has 2 rings (SSSR count). The summed E-state index contributed by atoms with van der Waals surface area (Å²) in [6.45, 7) is 4.26. The number of hydrogen-bond acceptors (Lipinski definition) is 3. The maximum Gasteiger partial charge on any atom is 0.243 e. The molecule has 19 heavy (non-hydrogen) atoms. The summed E-state index contributed by atoms with van der Waals surface area (Å²) in [4.78, 5) is 0.158. The highest BCUT2D eigenvalue weighted by Gasteiger charge is 2.35. The van der Waals surface area contributed by atoms with E-state index in [1.807, 2.05) is 6.92 Å². The Bertz CT molecular complexity index is 555. The van der Waals surface area contributed by atoms with Crippen LogP contribution in [0.3, 0.4) is 0 Å². The molecule has 0 bridgehead atoms. The van der Waals surface area contributed by atoms with Gasteiger partial charge >= 0.3 is 0 Å². The van der Waals surface area contributed by atoms with Crippen molar-refractivity contribution in [3.63, 3.8) is 0 Å². The van der Waals surface area contributed by atoms with Gasteiger partial charge in [-0.1, -0.05) is 6.92 Å². The molecule has 0 spiro atoms. The molecule has 1 fully saturated rings. The van der Waals surface area contributed by atoms with Crippen molar-refractivity contribution in [3.05, 3.63) is 29.6 Å². The summed E-state index contributed by atoms with van der Waals surface area (Å²) < 4.78 is 39.2. The lowest BCUT2D eigenvalue weighted by molar-refractivity contribution is 0.463. The van der Waals surface area contributed by atoms with Crippen LogP contribution in [0.15, 0.2) is 23.1 Å². The Labute approximate surface area is 119 Å². The lowest BCUT2D eigenvalue weighted by atomic mass is 10.1. The van der Waals surface area contributed by atoms with Crippen LogP contribution < -0.4 is 5.73 Å². The number of nitrogens with two attached hydrogens (primary N) is 1. The molecule has 1 aromatic carbocycles. The fourth-order valence-corrected chi connectivity index (χ4v) is 3.97. The van der Waals surface area contributed by atoms with Gasteiger partial charge in [-0.15, -0.1) is 12.4 Å². The highest BCUT2D eigenvalue weighted by Crippen LogP contribution is 2.25. The van der Waals surface area contributed by atoms with E-state index < -0.39 is 15.8 Å². The third-order valence-electron chi connectivity index (χ3n) is 3.39. The molecule has 0 amide bonds. The van der Waals surface area contributed by atoms with Crippen molar-refractivity contribution in [2.45, 2.75) is 24.8 Å². The fraction of sp³-hybridized carbons (Fsp3) is 0.500. The number of rotatable bonds is 2. The molecule has 2 atom stereocenters. The second-order valence-electron chi connectivity index (χ2n) is 4.87. The molecule has 1 heterocycles. The van der Waals surface area contributed by atoms with Gasteiger partial charge in [-0.3, -0.25) is 0 Å². The number of aryl methyl sites for hydroxylation is 1.